The Morgan fingerprint density at radius 2 is 1.84 bits per heavy atom. The third-order valence-electron chi connectivity index (χ3n) is 4.54. The molecule has 0 fully saturated rings. The molecule has 2 aliphatic rings. The molecule has 1 unspecified atom stereocenters. The SMILES string of the molecule is CN(C(=O)C1CC=CCC1)C1Cc2ccccc2C1. The van der Waals surface area contributed by atoms with Crippen LogP contribution in [0.2, 0.25) is 0 Å². The van der Waals surface area contributed by atoms with Crippen LogP contribution in [-0.4, -0.2) is 23.9 Å². The molecule has 0 N–H and O–H groups in total. The van der Waals surface area contributed by atoms with E-state index in [-0.39, 0.29) is 5.92 Å². The number of carbonyl (C=O) groups is 1. The average molecular weight is 255 g/mol. The molecule has 0 aliphatic heterocycles. The molecular weight excluding hydrogens is 234 g/mol. The molecule has 1 atom stereocenters. The van der Waals surface area contributed by atoms with Crippen LogP contribution < -0.4 is 0 Å². The van der Waals surface area contributed by atoms with E-state index in [1.807, 2.05) is 11.9 Å². The van der Waals surface area contributed by atoms with E-state index in [1.54, 1.807) is 0 Å². The summed E-state index contributed by atoms with van der Waals surface area (Å²) in [6.07, 6.45) is 9.36. The summed E-state index contributed by atoms with van der Waals surface area (Å²) >= 11 is 0. The van der Waals surface area contributed by atoms with Crippen molar-refractivity contribution in [1.29, 1.82) is 0 Å². The zero-order valence-corrected chi connectivity index (χ0v) is 11.5. The summed E-state index contributed by atoms with van der Waals surface area (Å²) in [7, 11) is 1.98. The van der Waals surface area contributed by atoms with Gasteiger partial charge in [0.2, 0.25) is 5.91 Å². The van der Waals surface area contributed by atoms with Crippen molar-refractivity contribution in [3.8, 4) is 0 Å². The highest BCUT2D eigenvalue weighted by molar-refractivity contribution is 5.79. The number of hydrogen-bond donors (Lipinski definition) is 0. The van der Waals surface area contributed by atoms with Crippen molar-refractivity contribution >= 4 is 5.91 Å². The highest BCUT2D eigenvalue weighted by Gasteiger charge is 2.30. The standard InChI is InChI=1S/C17H21NO/c1-18(17(19)13-7-3-2-4-8-13)16-11-14-9-5-6-10-15(14)12-16/h2-3,5-6,9-10,13,16H,4,7-8,11-12H2,1H3. The molecule has 0 saturated carbocycles. The Morgan fingerprint density at radius 3 is 2.42 bits per heavy atom. The first-order chi connectivity index (χ1) is 9.25. The van der Waals surface area contributed by atoms with Crippen LogP contribution in [0.15, 0.2) is 36.4 Å². The molecule has 0 aromatic heterocycles. The van der Waals surface area contributed by atoms with Crippen LogP contribution in [0.3, 0.4) is 0 Å². The predicted molar refractivity (Wildman–Crippen MR) is 76.9 cm³/mol. The number of amides is 1. The Labute approximate surface area is 115 Å². The van der Waals surface area contributed by atoms with E-state index in [1.165, 1.54) is 11.1 Å². The van der Waals surface area contributed by atoms with Crippen LogP contribution in [0.4, 0.5) is 0 Å². The Morgan fingerprint density at radius 1 is 1.16 bits per heavy atom. The third kappa shape index (κ3) is 2.44. The van der Waals surface area contributed by atoms with E-state index < -0.39 is 0 Å². The van der Waals surface area contributed by atoms with Gasteiger partial charge >= 0.3 is 0 Å². The van der Waals surface area contributed by atoms with Crippen molar-refractivity contribution in [2.45, 2.75) is 38.1 Å². The van der Waals surface area contributed by atoms with Gasteiger partial charge in [0.05, 0.1) is 0 Å². The summed E-state index contributed by atoms with van der Waals surface area (Å²) in [5.74, 6) is 0.542. The Bertz CT molecular complexity index is 481. The van der Waals surface area contributed by atoms with E-state index in [9.17, 15) is 4.79 Å². The first kappa shape index (κ1) is 12.5. The molecule has 0 heterocycles. The maximum atomic E-state index is 12.5. The third-order valence-corrected chi connectivity index (χ3v) is 4.54. The molecule has 0 spiro atoms. The Balaban J connectivity index is 1.67. The molecule has 2 aliphatic carbocycles. The second-order valence-corrected chi connectivity index (χ2v) is 5.76. The Hall–Kier alpha value is -1.57. The lowest BCUT2D eigenvalue weighted by molar-refractivity contribution is -0.136. The first-order valence-electron chi connectivity index (χ1n) is 7.24. The Kier molecular flexibility index (Phi) is 3.41. The van der Waals surface area contributed by atoms with Gasteiger partial charge in [0.1, 0.15) is 0 Å². The van der Waals surface area contributed by atoms with Crippen LogP contribution in [0, 0.1) is 5.92 Å². The molecule has 0 bridgehead atoms. The van der Waals surface area contributed by atoms with Crippen LogP contribution in [0.1, 0.15) is 30.4 Å². The van der Waals surface area contributed by atoms with E-state index >= 15 is 0 Å². The minimum Gasteiger partial charge on any atom is -0.342 e. The number of benzene rings is 1. The molecule has 2 heteroatoms. The molecule has 0 radical (unpaired) electrons. The van der Waals surface area contributed by atoms with Crippen molar-refractivity contribution in [1.82, 2.24) is 4.90 Å². The van der Waals surface area contributed by atoms with E-state index in [4.69, 9.17) is 0 Å². The number of hydrogen-bond acceptors (Lipinski definition) is 1. The number of fused-ring (bicyclic) bond motifs is 1. The monoisotopic (exact) mass is 255 g/mol. The predicted octanol–water partition coefficient (Wildman–Crippen LogP) is 2.97. The number of rotatable bonds is 2. The van der Waals surface area contributed by atoms with Crippen LogP contribution >= 0.6 is 0 Å². The zero-order chi connectivity index (χ0) is 13.2. The zero-order valence-electron chi connectivity index (χ0n) is 11.5. The lowest BCUT2D eigenvalue weighted by Crippen LogP contribution is -2.41. The fourth-order valence-electron chi connectivity index (χ4n) is 3.30. The van der Waals surface area contributed by atoms with E-state index in [0.29, 0.717) is 11.9 Å². The minimum atomic E-state index is 0.207. The van der Waals surface area contributed by atoms with Crippen LogP contribution in [-0.2, 0) is 17.6 Å². The van der Waals surface area contributed by atoms with Gasteiger partial charge in [0, 0.05) is 19.0 Å². The maximum Gasteiger partial charge on any atom is 0.226 e. The summed E-state index contributed by atoms with van der Waals surface area (Å²) in [6, 6.07) is 8.92. The van der Waals surface area contributed by atoms with Gasteiger partial charge < -0.3 is 4.90 Å². The van der Waals surface area contributed by atoms with Gasteiger partial charge in [-0.25, -0.2) is 0 Å². The van der Waals surface area contributed by atoms with Gasteiger partial charge in [-0.1, -0.05) is 36.4 Å². The van der Waals surface area contributed by atoms with Gasteiger partial charge in [-0.3, -0.25) is 4.79 Å². The van der Waals surface area contributed by atoms with Gasteiger partial charge in [0.25, 0.3) is 0 Å². The number of allylic oxidation sites excluding steroid dienone is 2. The number of carbonyl (C=O) groups excluding carboxylic acids is 1. The lowest BCUT2D eigenvalue weighted by atomic mass is 9.92. The quantitative estimate of drug-likeness (QED) is 0.744. The van der Waals surface area contributed by atoms with Gasteiger partial charge in [-0.15, -0.1) is 0 Å². The topological polar surface area (TPSA) is 20.3 Å². The van der Waals surface area contributed by atoms with Gasteiger partial charge in [-0.2, -0.15) is 0 Å². The second kappa shape index (κ2) is 5.20. The molecule has 100 valence electrons. The molecule has 1 amide bonds. The highest BCUT2D eigenvalue weighted by Crippen LogP contribution is 2.27. The minimum absolute atomic E-state index is 0.207. The van der Waals surface area contributed by atoms with Crippen molar-refractivity contribution in [3.05, 3.63) is 47.5 Å². The smallest absolute Gasteiger partial charge is 0.226 e. The number of likely N-dealkylation sites (N-methyl/N-ethyl adjacent to an activating group) is 1. The van der Waals surface area contributed by atoms with Gasteiger partial charge in [-0.05, 0) is 43.2 Å². The van der Waals surface area contributed by atoms with Crippen molar-refractivity contribution in [2.75, 3.05) is 7.05 Å². The molecule has 2 nitrogen and oxygen atoms in total. The number of nitrogens with zero attached hydrogens (tertiary/aromatic N) is 1. The summed E-state index contributed by atoms with van der Waals surface area (Å²) in [4.78, 5) is 14.5. The molecule has 1 aromatic carbocycles. The molecule has 1 aromatic rings. The largest absolute Gasteiger partial charge is 0.342 e. The van der Waals surface area contributed by atoms with Crippen LogP contribution in [0.5, 0.6) is 0 Å². The second-order valence-electron chi connectivity index (χ2n) is 5.76. The molecule has 0 saturated heterocycles. The van der Waals surface area contributed by atoms with Crippen molar-refractivity contribution in [3.63, 3.8) is 0 Å². The summed E-state index contributed by atoms with van der Waals surface area (Å²) in [6.45, 7) is 0. The summed E-state index contributed by atoms with van der Waals surface area (Å²) < 4.78 is 0. The average Bonchev–Trinajstić information content (AvgIpc) is 2.90. The van der Waals surface area contributed by atoms with E-state index in [2.05, 4.69) is 36.4 Å². The van der Waals surface area contributed by atoms with E-state index in [0.717, 1.165) is 32.1 Å². The fourth-order valence-corrected chi connectivity index (χ4v) is 3.30. The first-order valence-corrected chi connectivity index (χ1v) is 7.24. The lowest BCUT2D eigenvalue weighted by Gasteiger charge is -2.29. The highest BCUT2D eigenvalue weighted by atomic mass is 16.2. The maximum absolute atomic E-state index is 12.5. The van der Waals surface area contributed by atoms with Crippen molar-refractivity contribution < 1.29 is 4.79 Å². The summed E-state index contributed by atoms with van der Waals surface area (Å²) in [5.41, 5.74) is 2.83. The van der Waals surface area contributed by atoms with Crippen molar-refractivity contribution in [2.24, 2.45) is 5.92 Å². The normalized spacial score (nSPS) is 22.3. The molecular formula is C17H21NO. The molecule has 3 rings (SSSR count). The van der Waals surface area contributed by atoms with Gasteiger partial charge in [0.15, 0.2) is 0 Å². The summed E-state index contributed by atoms with van der Waals surface area (Å²) in [5, 5.41) is 0. The van der Waals surface area contributed by atoms with Crippen LogP contribution in [0.25, 0.3) is 0 Å². The molecule has 19 heavy (non-hydrogen) atoms. The fraction of sp³-hybridized carbons (Fsp3) is 0.471.